The lowest BCUT2D eigenvalue weighted by Gasteiger charge is -2.37. The predicted octanol–water partition coefficient (Wildman–Crippen LogP) is 3.02. The van der Waals surface area contributed by atoms with Crippen molar-refractivity contribution in [2.45, 2.75) is 58.5 Å². The molecule has 0 radical (unpaired) electrons. The Morgan fingerprint density at radius 2 is 1.82 bits per heavy atom. The zero-order valence-corrected chi connectivity index (χ0v) is 14.1. The van der Waals surface area contributed by atoms with Gasteiger partial charge in [-0.1, -0.05) is 0 Å². The van der Waals surface area contributed by atoms with E-state index in [0.717, 1.165) is 39.0 Å². The van der Waals surface area contributed by atoms with E-state index in [-0.39, 0.29) is 6.09 Å². The second-order valence-corrected chi connectivity index (χ2v) is 7.46. The number of carbonyl (C=O) groups is 2. The van der Waals surface area contributed by atoms with Crippen LogP contribution >= 0.6 is 0 Å². The average Bonchev–Trinajstić information content (AvgIpc) is 2.41. The third-order valence-corrected chi connectivity index (χ3v) is 4.51. The van der Waals surface area contributed by atoms with Crippen LogP contribution in [0.15, 0.2) is 0 Å². The van der Waals surface area contributed by atoms with Crippen LogP contribution in [0.25, 0.3) is 0 Å². The van der Waals surface area contributed by atoms with Crippen LogP contribution in [0.2, 0.25) is 0 Å². The third kappa shape index (κ3) is 5.27. The number of nitrogens with zero attached hydrogens (tertiary/aromatic N) is 1. The molecule has 0 spiro atoms. The molecule has 0 aliphatic carbocycles. The van der Waals surface area contributed by atoms with E-state index in [1.54, 1.807) is 4.90 Å². The summed E-state index contributed by atoms with van der Waals surface area (Å²) in [6, 6.07) is 0. The molecule has 2 heterocycles. The molecule has 126 valence electrons. The largest absolute Gasteiger partial charge is 0.444 e. The van der Waals surface area contributed by atoms with Gasteiger partial charge in [-0.15, -0.1) is 0 Å². The summed E-state index contributed by atoms with van der Waals surface area (Å²) in [4.78, 5) is 25.7. The molecule has 0 N–H and O–H groups in total. The Hall–Kier alpha value is -1.10. The number of likely N-dealkylation sites (tertiary alicyclic amines) is 1. The highest BCUT2D eigenvalue weighted by molar-refractivity contribution is 5.78. The standard InChI is InChI=1S/C17H29NO4/c1-17(2,3)22-16(20)18-8-4-13(5-9-18)14-6-10-21-11-7-15(19)12-14/h13-14H,4-12H2,1-3H3. The van der Waals surface area contributed by atoms with Crippen molar-refractivity contribution in [1.82, 2.24) is 4.90 Å². The number of amides is 1. The lowest BCUT2D eigenvalue weighted by molar-refractivity contribution is -0.123. The van der Waals surface area contributed by atoms with Gasteiger partial charge in [0, 0.05) is 32.5 Å². The minimum Gasteiger partial charge on any atom is -0.444 e. The number of hydrogen-bond donors (Lipinski definition) is 0. The second-order valence-electron chi connectivity index (χ2n) is 7.46. The van der Waals surface area contributed by atoms with E-state index >= 15 is 0 Å². The molecule has 1 amide bonds. The van der Waals surface area contributed by atoms with Crippen LogP contribution in [0, 0.1) is 11.8 Å². The van der Waals surface area contributed by atoms with E-state index in [1.165, 1.54) is 0 Å². The van der Waals surface area contributed by atoms with Crippen LogP contribution in [0.3, 0.4) is 0 Å². The predicted molar refractivity (Wildman–Crippen MR) is 83.7 cm³/mol. The lowest BCUT2D eigenvalue weighted by Crippen LogP contribution is -2.43. The van der Waals surface area contributed by atoms with Crippen LogP contribution in [-0.2, 0) is 14.3 Å². The Labute approximate surface area is 133 Å². The molecular formula is C17H29NO4. The maximum absolute atomic E-state index is 12.1. The quantitative estimate of drug-likeness (QED) is 0.747. The molecule has 5 heteroatoms. The van der Waals surface area contributed by atoms with Gasteiger partial charge in [-0.3, -0.25) is 4.79 Å². The smallest absolute Gasteiger partial charge is 0.410 e. The summed E-state index contributed by atoms with van der Waals surface area (Å²) >= 11 is 0. The monoisotopic (exact) mass is 311 g/mol. The van der Waals surface area contributed by atoms with Crippen molar-refractivity contribution in [1.29, 1.82) is 0 Å². The normalized spacial score (nSPS) is 25.5. The molecule has 0 saturated carbocycles. The van der Waals surface area contributed by atoms with Gasteiger partial charge < -0.3 is 14.4 Å². The summed E-state index contributed by atoms with van der Waals surface area (Å²) in [6.45, 7) is 8.44. The molecule has 0 aromatic heterocycles. The summed E-state index contributed by atoms with van der Waals surface area (Å²) in [7, 11) is 0. The Balaban J connectivity index is 1.83. The molecule has 0 bridgehead atoms. The summed E-state index contributed by atoms with van der Waals surface area (Å²) < 4.78 is 10.9. The van der Waals surface area contributed by atoms with Gasteiger partial charge in [-0.25, -0.2) is 4.79 Å². The van der Waals surface area contributed by atoms with Crippen molar-refractivity contribution in [3.8, 4) is 0 Å². The van der Waals surface area contributed by atoms with E-state index in [0.29, 0.717) is 37.1 Å². The first-order chi connectivity index (χ1) is 10.3. The fraction of sp³-hybridized carbons (Fsp3) is 0.882. The Kier molecular flexibility index (Phi) is 5.84. The summed E-state index contributed by atoms with van der Waals surface area (Å²) in [6.07, 6.45) is 3.88. The summed E-state index contributed by atoms with van der Waals surface area (Å²) in [5.74, 6) is 1.25. The summed E-state index contributed by atoms with van der Waals surface area (Å²) in [5, 5.41) is 0. The van der Waals surface area contributed by atoms with Gasteiger partial charge in [0.05, 0.1) is 6.61 Å². The number of hydrogen-bond acceptors (Lipinski definition) is 4. The minimum atomic E-state index is -0.447. The molecule has 0 aromatic carbocycles. The number of ether oxygens (including phenoxy) is 2. The average molecular weight is 311 g/mol. The second kappa shape index (κ2) is 7.44. The van der Waals surface area contributed by atoms with Crippen LogP contribution in [0.5, 0.6) is 0 Å². The highest BCUT2D eigenvalue weighted by Crippen LogP contribution is 2.31. The molecule has 22 heavy (non-hydrogen) atoms. The van der Waals surface area contributed by atoms with E-state index in [9.17, 15) is 9.59 Å². The van der Waals surface area contributed by atoms with Crippen LogP contribution < -0.4 is 0 Å². The zero-order valence-electron chi connectivity index (χ0n) is 14.1. The molecule has 2 aliphatic heterocycles. The number of Topliss-reactive ketones (excluding diaryl/α,β-unsaturated/α-hetero) is 1. The van der Waals surface area contributed by atoms with Crippen LogP contribution in [-0.4, -0.2) is 48.7 Å². The lowest BCUT2D eigenvalue weighted by atomic mass is 9.79. The van der Waals surface area contributed by atoms with Crippen LogP contribution in [0.1, 0.15) is 52.9 Å². The van der Waals surface area contributed by atoms with Gasteiger partial charge in [0.25, 0.3) is 0 Å². The number of piperidine rings is 1. The van der Waals surface area contributed by atoms with Gasteiger partial charge in [-0.2, -0.15) is 0 Å². The van der Waals surface area contributed by atoms with Gasteiger partial charge >= 0.3 is 6.09 Å². The van der Waals surface area contributed by atoms with Crippen molar-refractivity contribution in [3.63, 3.8) is 0 Å². The molecule has 5 nitrogen and oxygen atoms in total. The van der Waals surface area contributed by atoms with E-state index in [2.05, 4.69) is 0 Å². The molecule has 2 aliphatic rings. The Morgan fingerprint density at radius 1 is 1.14 bits per heavy atom. The first-order valence-electron chi connectivity index (χ1n) is 8.42. The maximum Gasteiger partial charge on any atom is 0.410 e. The maximum atomic E-state index is 12.1. The summed E-state index contributed by atoms with van der Waals surface area (Å²) in [5.41, 5.74) is -0.447. The van der Waals surface area contributed by atoms with Crippen molar-refractivity contribution >= 4 is 11.9 Å². The van der Waals surface area contributed by atoms with E-state index in [1.807, 2.05) is 20.8 Å². The topological polar surface area (TPSA) is 55.8 Å². The van der Waals surface area contributed by atoms with Crippen molar-refractivity contribution in [3.05, 3.63) is 0 Å². The molecule has 1 atom stereocenters. The number of ketones is 1. The Bertz CT molecular complexity index is 394. The van der Waals surface area contributed by atoms with Crippen molar-refractivity contribution in [2.75, 3.05) is 26.3 Å². The first-order valence-corrected chi connectivity index (χ1v) is 8.42. The van der Waals surface area contributed by atoms with Crippen molar-refractivity contribution in [2.24, 2.45) is 11.8 Å². The zero-order chi connectivity index (χ0) is 16.2. The molecule has 0 aromatic rings. The minimum absolute atomic E-state index is 0.219. The van der Waals surface area contributed by atoms with E-state index in [4.69, 9.17) is 9.47 Å². The van der Waals surface area contributed by atoms with Crippen molar-refractivity contribution < 1.29 is 19.1 Å². The third-order valence-electron chi connectivity index (χ3n) is 4.51. The van der Waals surface area contributed by atoms with Gasteiger partial charge in [0.1, 0.15) is 11.4 Å². The Morgan fingerprint density at radius 3 is 2.45 bits per heavy atom. The van der Waals surface area contributed by atoms with Gasteiger partial charge in [0.2, 0.25) is 0 Å². The molecule has 2 saturated heterocycles. The van der Waals surface area contributed by atoms with Gasteiger partial charge in [0.15, 0.2) is 0 Å². The highest BCUT2D eigenvalue weighted by Gasteiger charge is 2.31. The molecule has 2 fully saturated rings. The van der Waals surface area contributed by atoms with Gasteiger partial charge in [-0.05, 0) is 51.9 Å². The number of rotatable bonds is 1. The molecule has 2 rings (SSSR count). The fourth-order valence-electron chi connectivity index (χ4n) is 3.30. The van der Waals surface area contributed by atoms with Crippen LogP contribution in [0.4, 0.5) is 4.79 Å². The number of carbonyl (C=O) groups excluding carboxylic acids is 2. The molecular weight excluding hydrogens is 282 g/mol. The first kappa shape index (κ1) is 17.3. The highest BCUT2D eigenvalue weighted by atomic mass is 16.6. The fourth-order valence-corrected chi connectivity index (χ4v) is 3.30. The molecule has 1 unspecified atom stereocenters. The SMILES string of the molecule is CC(C)(C)OC(=O)N1CCC(C2CCOCCC(=O)C2)CC1. The van der Waals surface area contributed by atoms with E-state index < -0.39 is 5.60 Å².